The van der Waals surface area contributed by atoms with Crippen molar-refractivity contribution in [3.8, 4) is 0 Å². The van der Waals surface area contributed by atoms with Crippen LogP contribution in [-0.2, 0) is 11.0 Å². The quantitative estimate of drug-likeness (QED) is 0.894. The Hall–Kier alpha value is -0.830. The first-order valence-electron chi connectivity index (χ1n) is 7.88. The highest BCUT2D eigenvalue weighted by Gasteiger charge is 2.54. The van der Waals surface area contributed by atoms with Crippen molar-refractivity contribution in [2.45, 2.75) is 50.2 Å². The van der Waals surface area contributed by atoms with Crippen molar-refractivity contribution in [1.29, 1.82) is 0 Å². The molecule has 0 unspecified atom stereocenters. The minimum Gasteiger partial charge on any atom is -0.305 e. The molecule has 0 radical (unpaired) electrons. The molecule has 2 nitrogen and oxygen atoms in total. The molecular weight excluding hydrogens is 266 g/mol. The number of nitrogens with one attached hydrogen (secondary N) is 1. The molecule has 4 aliphatic rings. The molecule has 1 aromatic carbocycles. The summed E-state index contributed by atoms with van der Waals surface area (Å²) >= 11 is 0. The van der Waals surface area contributed by atoms with Crippen LogP contribution in [0.1, 0.15) is 44.1 Å². The number of aryl methyl sites for hydroxylation is 1. The number of hydrogen-bond acceptors (Lipinski definition) is 1. The van der Waals surface area contributed by atoms with Crippen LogP contribution in [0, 0.1) is 24.7 Å². The van der Waals surface area contributed by atoms with Crippen LogP contribution in [0.4, 0.5) is 5.69 Å². The highest BCUT2D eigenvalue weighted by atomic mass is 32.2. The lowest BCUT2D eigenvalue weighted by Gasteiger charge is -2.55. The van der Waals surface area contributed by atoms with E-state index in [-0.39, 0.29) is 4.75 Å². The molecule has 5 rings (SSSR count). The molecule has 4 saturated carbocycles. The van der Waals surface area contributed by atoms with Crippen molar-refractivity contribution in [3.63, 3.8) is 0 Å². The van der Waals surface area contributed by atoms with E-state index in [4.69, 9.17) is 0 Å². The van der Waals surface area contributed by atoms with Gasteiger partial charge >= 0.3 is 0 Å². The van der Waals surface area contributed by atoms with Crippen LogP contribution in [-0.4, -0.2) is 8.96 Å². The van der Waals surface area contributed by atoms with E-state index in [1.165, 1.54) is 44.1 Å². The van der Waals surface area contributed by atoms with Gasteiger partial charge in [0.05, 0.1) is 4.75 Å². The van der Waals surface area contributed by atoms with E-state index in [1.54, 1.807) is 0 Å². The summed E-state index contributed by atoms with van der Waals surface area (Å²) in [5, 5.41) is 0. The zero-order valence-corrected chi connectivity index (χ0v) is 12.9. The summed E-state index contributed by atoms with van der Waals surface area (Å²) in [5.74, 6) is 2.55. The van der Waals surface area contributed by atoms with Crippen LogP contribution in [0.25, 0.3) is 0 Å². The molecule has 20 heavy (non-hydrogen) atoms. The Kier molecular flexibility index (Phi) is 2.95. The molecule has 4 aliphatic carbocycles. The third-order valence-corrected chi connectivity index (χ3v) is 7.31. The van der Waals surface area contributed by atoms with E-state index in [1.807, 2.05) is 12.1 Å². The number of anilines is 1. The second-order valence-electron chi connectivity index (χ2n) is 7.34. The van der Waals surface area contributed by atoms with Crippen LogP contribution < -0.4 is 4.72 Å². The summed E-state index contributed by atoms with van der Waals surface area (Å²) in [5.41, 5.74) is 2.23. The molecule has 0 saturated heterocycles. The molecule has 1 atom stereocenters. The lowest BCUT2D eigenvalue weighted by atomic mass is 9.56. The lowest BCUT2D eigenvalue weighted by Crippen LogP contribution is -2.54. The smallest absolute Gasteiger partial charge is 0.123 e. The highest BCUT2D eigenvalue weighted by Crippen LogP contribution is 2.57. The first-order valence-corrected chi connectivity index (χ1v) is 9.03. The molecule has 0 aromatic heterocycles. The van der Waals surface area contributed by atoms with Gasteiger partial charge in [-0.1, -0.05) is 12.1 Å². The molecule has 0 spiro atoms. The Bertz CT molecular complexity index is 518. The normalized spacial score (nSPS) is 39.8. The molecular formula is C17H23NOS. The second kappa shape index (κ2) is 4.59. The third kappa shape index (κ3) is 2.11. The molecule has 108 valence electrons. The van der Waals surface area contributed by atoms with Crippen molar-refractivity contribution in [2.75, 3.05) is 4.72 Å². The van der Waals surface area contributed by atoms with Crippen LogP contribution in [0.5, 0.6) is 0 Å². The van der Waals surface area contributed by atoms with Crippen LogP contribution in [0.2, 0.25) is 0 Å². The van der Waals surface area contributed by atoms with Gasteiger partial charge in [-0.25, -0.2) is 4.21 Å². The van der Waals surface area contributed by atoms with Gasteiger partial charge in [-0.2, -0.15) is 0 Å². The van der Waals surface area contributed by atoms with Gasteiger partial charge in [-0.3, -0.25) is 0 Å². The molecule has 4 bridgehead atoms. The molecule has 1 N–H and O–H groups in total. The monoisotopic (exact) mass is 289 g/mol. The third-order valence-electron chi connectivity index (χ3n) is 5.60. The molecule has 0 amide bonds. The molecule has 0 heterocycles. The predicted molar refractivity (Wildman–Crippen MR) is 83.8 cm³/mol. The largest absolute Gasteiger partial charge is 0.305 e. The van der Waals surface area contributed by atoms with E-state index < -0.39 is 11.0 Å². The van der Waals surface area contributed by atoms with Crippen molar-refractivity contribution >= 4 is 16.7 Å². The van der Waals surface area contributed by atoms with Crippen LogP contribution in [0.15, 0.2) is 24.3 Å². The SMILES string of the molecule is Cc1cccc(N[S@](=O)C23CC4CC(CC(C4)C2)C3)c1. The summed E-state index contributed by atoms with van der Waals surface area (Å²) in [6, 6.07) is 8.25. The predicted octanol–water partition coefficient (Wildman–Crippen LogP) is 4.04. The van der Waals surface area contributed by atoms with E-state index in [9.17, 15) is 4.21 Å². The van der Waals surface area contributed by atoms with Gasteiger partial charge in [-0.05, 0) is 80.9 Å². The summed E-state index contributed by atoms with van der Waals surface area (Å²) < 4.78 is 16.4. The Labute approximate surface area is 123 Å². The molecule has 0 aliphatic heterocycles. The maximum absolute atomic E-state index is 13.0. The average Bonchev–Trinajstić information content (AvgIpc) is 2.37. The summed E-state index contributed by atoms with van der Waals surface area (Å²) in [4.78, 5) is 0. The van der Waals surface area contributed by atoms with Gasteiger partial charge in [0.2, 0.25) is 0 Å². The topological polar surface area (TPSA) is 29.1 Å². The summed E-state index contributed by atoms with van der Waals surface area (Å²) in [6.07, 6.45) is 7.77. The van der Waals surface area contributed by atoms with Crippen molar-refractivity contribution < 1.29 is 4.21 Å². The Morgan fingerprint density at radius 1 is 1.10 bits per heavy atom. The minimum absolute atomic E-state index is 0.0680. The number of rotatable bonds is 3. The zero-order chi connectivity index (χ0) is 13.7. The molecule has 4 fully saturated rings. The van der Waals surface area contributed by atoms with Crippen molar-refractivity contribution in [2.24, 2.45) is 17.8 Å². The fraction of sp³-hybridized carbons (Fsp3) is 0.647. The molecule has 3 heteroatoms. The number of benzene rings is 1. The minimum atomic E-state index is -0.934. The lowest BCUT2D eigenvalue weighted by molar-refractivity contribution is 0.0363. The van der Waals surface area contributed by atoms with E-state index in [2.05, 4.69) is 23.8 Å². The summed E-state index contributed by atoms with van der Waals surface area (Å²) in [6.45, 7) is 2.08. The highest BCUT2D eigenvalue weighted by molar-refractivity contribution is 7.87. The van der Waals surface area contributed by atoms with Crippen LogP contribution >= 0.6 is 0 Å². The standard InChI is InChI=1S/C17H23NOS/c1-12-3-2-4-16(5-12)18-20(19)17-9-13-6-14(10-17)8-15(7-13)11-17/h2-5,13-15,18H,6-11H2,1H3/t13?,14?,15?,17?,20-/m1/s1. The van der Waals surface area contributed by atoms with E-state index in [0.29, 0.717) is 0 Å². The summed E-state index contributed by atoms with van der Waals surface area (Å²) in [7, 11) is -0.934. The fourth-order valence-electron chi connectivity index (χ4n) is 5.18. The Morgan fingerprint density at radius 3 is 2.25 bits per heavy atom. The average molecular weight is 289 g/mol. The molecule has 1 aromatic rings. The van der Waals surface area contributed by atoms with Gasteiger partial charge in [0.25, 0.3) is 0 Å². The second-order valence-corrected chi connectivity index (χ2v) is 8.95. The van der Waals surface area contributed by atoms with Crippen molar-refractivity contribution in [3.05, 3.63) is 29.8 Å². The number of hydrogen-bond donors (Lipinski definition) is 1. The Balaban J connectivity index is 1.56. The maximum Gasteiger partial charge on any atom is 0.123 e. The van der Waals surface area contributed by atoms with Crippen LogP contribution in [0.3, 0.4) is 0 Å². The van der Waals surface area contributed by atoms with Gasteiger partial charge in [-0.15, -0.1) is 0 Å². The van der Waals surface area contributed by atoms with Gasteiger partial charge in [0.1, 0.15) is 11.0 Å². The zero-order valence-electron chi connectivity index (χ0n) is 12.1. The van der Waals surface area contributed by atoms with Gasteiger partial charge in [0.15, 0.2) is 0 Å². The van der Waals surface area contributed by atoms with E-state index >= 15 is 0 Å². The first-order chi connectivity index (χ1) is 9.63. The Morgan fingerprint density at radius 2 is 1.70 bits per heavy atom. The van der Waals surface area contributed by atoms with E-state index in [0.717, 1.165) is 23.4 Å². The van der Waals surface area contributed by atoms with Gasteiger partial charge in [0, 0.05) is 5.69 Å². The maximum atomic E-state index is 13.0. The van der Waals surface area contributed by atoms with Gasteiger partial charge < -0.3 is 4.72 Å². The van der Waals surface area contributed by atoms with Crippen molar-refractivity contribution in [1.82, 2.24) is 0 Å². The first kappa shape index (κ1) is 12.9. The fourth-order valence-corrected chi connectivity index (χ4v) is 6.90.